The Labute approximate surface area is 170 Å². The largest absolute Gasteiger partial charge is 0.369 e. The minimum Gasteiger partial charge on any atom is -0.369 e. The SMILES string of the molecule is NS(=O)(=O)c1ccc(N2CCN(CC(=O)NCc3ccccc3Cl)CC2)cc1. The van der Waals surface area contributed by atoms with Crippen LogP contribution >= 0.6 is 11.6 Å². The molecule has 150 valence electrons. The Morgan fingerprint density at radius 2 is 1.68 bits per heavy atom. The number of anilines is 1. The molecule has 1 fully saturated rings. The molecular formula is C19H23ClN4O3S. The minimum absolute atomic E-state index is 0.0362. The fourth-order valence-electron chi connectivity index (χ4n) is 3.11. The number of piperazine rings is 1. The van der Waals surface area contributed by atoms with Crippen LogP contribution in [0.4, 0.5) is 5.69 Å². The highest BCUT2D eigenvalue weighted by atomic mass is 35.5. The molecule has 0 aliphatic carbocycles. The highest BCUT2D eigenvalue weighted by Crippen LogP contribution is 2.19. The monoisotopic (exact) mass is 422 g/mol. The molecular weight excluding hydrogens is 400 g/mol. The Kier molecular flexibility index (Phi) is 6.56. The van der Waals surface area contributed by atoms with Crippen molar-refractivity contribution in [2.45, 2.75) is 11.4 Å². The summed E-state index contributed by atoms with van der Waals surface area (Å²) in [6, 6.07) is 14.0. The molecule has 0 radical (unpaired) electrons. The van der Waals surface area contributed by atoms with Gasteiger partial charge in [-0.05, 0) is 35.9 Å². The molecule has 0 unspecified atom stereocenters. The van der Waals surface area contributed by atoms with Crippen LogP contribution < -0.4 is 15.4 Å². The van der Waals surface area contributed by atoms with Crippen molar-refractivity contribution < 1.29 is 13.2 Å². The van der Waals surface area contributed by atoms with E-state index in [2.05, 4.69) is 15.1 Å². The molecule has 0 saturated carbocycles. The van der Waals surface area contributed by atoms with E-state index in [9.17, 15) is 13.2 Å². The van der Waals surface area contributed by atoms with Crippen LogP contribution in [-0.2, 0) is 21.4 Å². The molecule has 0 atom stereocenters. The smallest absolute Gasteiger partial charge is 0.238 e. The number of hydrogen-bond donors (Lipinski definition) is 2. The van der Waals surface area contributed by atoms with E-state index in [4.69, 9.17) is 16.7 Å². The molecule has 1 amide bonds. The van der Waals surface area contributed by atoms with Crippen LogP contribution in [0.5, 0.6) is 0 Å². The highest BCUT2D eigenvalue weighted by Gasteiger charge is 2.19. The molecule has 1 heterocycles. The second-order valence-corrected chi connectivity index (χ2v) is 8.64. The number of primary sulfonamides is 1. The molecule has 28 heavy (non-hydrogen) atoms. The third-order valence-electron chi connectivity index (χ3n) is 4.70. The lowest BCUT2D eigenvalue weighted by Gasteiger charge is -2.35. The Morgan fingerprint density at radius 1 is 1.04 bits per heavy atom. The fourth-order valence-corrected chi connectivity index (χ4v) is 3.82. The van der Waals surface area contributed by atoms with E-state index in [0.29, 0.717) is 18.1 Å². The second-order valence-electron chi connectivity index (χ2n) is 6.67. The van der Waals surface area contributed by atoms with Gasteiger partial charge in [0.05, 0.1) is 11.4 Å². The van der Waals surface area contributed by atoms with Gasteiger partial charge in [0.15, 0.2) is 0 Å². The topological polar surface area (TPSA) is 95.7 Å². The standard InChI is InChI=1S/C19H23ClN4O3S/c20-18-4-2-1-3-15(18)13-22-19(25)14-23-9-11-24(12-10-23)16-5-7-17(8-6-16)28(21,26)27/h1-8H,9-14H2,(H,22,25)(H2,21,26,27). The molecule has 9 heteroatoms. The third-order valence-corrected chi connectivity index (χ3v) is 6.00. The van der Waals surface area contributed by atoms with Gasteiger partial charge in [0, 0.05) is 43.4 Å². The molecule has 2 aromatic rings. The lowest BCUT2D eigenvalue weighted by molar-refractivity contribution is -0.122. The van der Waals surface area contributed by atoms with Crippen molar-refractivity contribution in [2.75, 3.05) is 37.6 Å². The minimum atomic E-state index is -3.68. The predicted molar refractivity (Wildman–Crippen MR) is 110 cm³/mol. The first kappa shape index (κ1) is 20.6. The van der Waals surface area contributed by atoms with Gasteiger partial charge >= 0.3 is 0 Å². The first-order valence-electron chi connectivity index (χ1n) is 8.93. The van der Waals surface area contributed by atoms with Gasteiger partial charge in [-0.1, -0.05) is 29.8 Å². The maximum absolute atomic E-state index is 12.2. The number of rotatable bonds is 6. The summed E-state index contributed by atoms with van der Waals surface area (Å²) in [6.07, 6.45) is 0. The summed E-state index contributed by atoms with van der Waals surface area (Å²) in [7, 11) is -3.68. The number of nitrogens with one attached hydrogen (secondary N) is 1. The molecule has 3 rings (SSSR count). The number of carbonyl (C=O) groups excluding carboxylic acids is 1. The van der Waals surface area contributed by atoms with Crippen molar-refractivity contribution in [3.05, 3.63) is 59.1 Å². The Morgan fingerprint density at radius 3 is 2.29 bits per heavy atom. The number of nitrogens with zero attached hydrogens (tertiary/aromatic N) is 2. The van der Waals surface area contributed by atoms with Crippen LogP contribution in [0.2, 0.25) is 5.02 Å². The van der Waals surface area contributed by atoms with Crippen LogP contribution in [0.25, 0.3) is 0 Å². The van der Waals surface area contributed by atoms with Crippen LogP contribution in [0.15, 0.2) is 53.4 Å². The molecule has 0 spiro atoms. The normalized spacial score (nSPS) is 15.4. The number of benzene rings is 2. The van der Waals surface area contributed by atoms with E-state index in [1.807, 2.05) is 18.2 Å². The van der Waals surface area contributed by atoms with Crippen molar-refractivity contribution in [1.82, 2.24) is 10.2 Å². The summed E-state index contributed by atoms with van der Waals surface area (Å²) < 4.78 is 22.7. The van der Waals surface area contributed by atoms with Crippen molar-refractivity contribution in [1.29, 1.82) is 0 Å². The summed E-state index contributed by atoms with van der Waals surface area (Å²) in [6.45, 7) is 3.75. The van der Waals surface area contributed by atoms with E-state index in [1.165, 1.54) is 12.1 Å². The number of sulfonamides is 1. The maximum atomic E-state index is 12.2. The zero-order chi connectivity index (χ0) is 20.1. The van der Waals surface area contributed by atoms with Gasteiger partial charge in [0.2, 0.25) is 15.9 Å². The molecule has 7 nitrogen and oxygen atoms in total. The fraction of sp³-hybridized carbons (Fsp3) is 0.316. The summed E-state index contributed by atoms with van der Waals surface area (Å²) >= 11 is 6.10. The summed E-state index contributed by atoms with van der Waals surface area (Å²) in [5.41, 5.74) is 1.83. The zero-order valence-electron chi connectivity index (χ0n) is 15.3. The Balaban J connectivity index is 1.46. The maximum Gasteiger partial charge on any atom is 0.238 e. The lowest BCUT2D eigenvalue weighted by Crippen LogP contribution is -2.49. The van der Waals surface area contributed by atoms with E-state index >= 15 is 0 Å². The van der Waals surface area contributed by atoms with Crippen LogP contribution in [0, 0.1) is 0 Å². The molecule has 0 bridgehead atoms. The molecule has 2 aromatic carbocycles. The predicted octanol–water partition coefficient (Wildman–Crippen LogP) is 1.43. The summed E-state index contributed by atoms with van der Waals surface area (Å²) in [5, 5.41) is 8.67. The number of amides is 1. The second kappa shape index (κ2) is 8.91. The zero-order valence-corrected chi connectivity index (χ0v) is 16.9. The van der Waals surface area contributed by atoms with Gasteiger partial charge in [-0.15, -0.1) is 0 Å². The average Bonchev–Trinajstić information content (AvgIpc) is 2.67. The first-order chi connectivity index (χ1) is 13.3. The van der Waals surface area contributed by atoms with Crippen molar-refractivity contribution in [2.24, 2.45) is 5.14 Å². The van der Waals surface area contributed by atoms with Gasteiger partial charge in [0.1, 0.15) is 0 Å². The molecule has 1 aliphatic rings. The van der Waals surface area contributed by atoms with E-state index in [-0.39, 0.29) is 10.8 Å². The van der Waals surface area contributed by atoms with Gasteiger partial charge in [0.25, 0.3) is 0 Å². The van der Waals surface area contributed by atoms with Crippen LogP contribution in [0.3, 0.4) is 0 Å². The van der Waals surface area contributed by atoms with Gasteiger partial charge < -0.3 is 10.2 Å². The van der Waals surface area contributed by atoms with E-state index in [1.54, 1.807) is 18.2 Å². The number of nitrogens with two attached hydrogens (primary N) is 1. The molecule has 0 aromatic heterocycles. The van der Waals surface area contributed by atoms with Crippen LogP contribution in [-0.4, -0.2) is 51.9 Å². The highest BCUT2D eigenvalue weighted by molar-refractivity contribution is 7.89. The van der Waals surface area contributed by atoms with Gasteiger partial charge in [-0.25, -0.2) is 13.6 Å². The number of carbonyl (C=O) groups is 1. The van der Waals surface area contributed by atoms with Crippen molar-refractivity contribution in [3.63, 3.8) is 0 Å². The van der Waals surface area contributed by atoms with Crippen molar-refractivity contribution in [3.8, 4) is 0 Å². The quantitative estimate of drug-likeness (QED) is 0.734. The molecule has 1 aliphatic heterocycles. The first-order valence-corrected chi connectivity index (χ1v) is 10.9. The number of hydrogen-bond acceptors (Lipinski definition) is 5. The van der Waals surface area contributed by atoms with Crippen LogP contribution in [0.1, 0.15) is 5.56 Å². The van der Waals surface area contributed by atoms with Gasteiger partial charge in [-0.2, -0.15) is 0 Å². The van der Waals surface area contributed by atoms with E-state index < -0.39 is 10.0 Å². The third kappa shape index (κ3) is 5.45. The molecule has 3 N–H and O–H groups in total. The average molecular weight is 423 g/mol. The van der Waals surface area contributed by atoms with Crippen molar-refractivity contribution >= 4 is 33.2 Å². The lowest BCUT2D eigenvalue weighted by atomic mass is 10.2. The number of halogens is 1. The summed E-state index contributed by atoms with van der Waals surface area (Å²) in [4.78, 5) is 16.6. The van der Waals surface area contributed by atoms with Gasteiger partial charge in [-0.3, -0.25) is 9.69 Å². The van der Waals surface area contributed by atoms with E-state index in [0.717, 1.165) is 37.4 Å². The summed E-state index contributed by atoms with van der Waals surface area (Å²) in [5.74, 6) is -0.0362. The Hall–Kier alpha value is -2.13. The molecule has 1 saturated heterocycles. The Bertz CT molecular complexity index is 926.